The maximum Gasteiger partial charge on any atom is 0.212 e. The summed E-state index contributed by atoms with van der Waals surface area (Å²) >= 11 is 11.2. The lowest BCUT2D eigenvalue weighted by atomic mass is 10.3. The molecule has 0 radical (unpaired) electrons. The molecule has 0 aliphatic carbocycles. The van der Waals surface area contributed by atoms with Crippen molar-refractivity contribution in [3.8, 4) is 5.88 Å². The number of hydrogen-bond acceptors (Lipinski definition) is 4. The quantitative estimate of drug-likeness (QED) is 0.755. The average Bonchev–Trinajstić information content (AvgIpc) is 2.75. The van der Waals surface area contributed by atoms with Crippen LogP contribution >= 0.6 is 23.8 Å². The highest BCUT2D eigenvalue weighted by Crippen LogP contribution is 2.18. The van der Waals surface area contributed by atoms with Crippen molar-refractivity contribution in [2.45, 2.75) is 6.54 Å². The maximum absolute atomic E-state index is 5.92. The number of halogens is 1. The second-order valence-electron chi connectivity index (χ2n) is 4.25. The number of imidazole rings is 1. The number of H-pyrrole nitrogens is 1. The first kappa shape index (κ1) is 13.1. The first-order valence-corrected chi connectivity index (χ1v) is 6.69. The molecule has 0 saturated carbocycles. The molecule has 3 aromatic heterocycles. The van der Waals surface area contributed by atoms with Gasteiger partial charge in [0.1, 0.15) is 0 Å². The second kappa shape index (κ2) is 5.22. The summed E-state index contributed by atoms with van der Waals surface area (Å²) in [5, 5.41) is 0.576. The lowest BCUT2D eigenvalue weighted by molar-refractivity contribution is 0.397. The van der Waals surface area contributed by atoms with Crippen LogP contribution < -0.4 is 4.74 Å². The Kier molecular flexibility index (Phi) is 3.42. The summed E-state index contributed by atoms with van der Waals surface area (Å²) < 4.78 is 7.55. The van der Waals surface area contributed by atoms with E-state index in [0.29, 0.717) is 22.2 Å². The number of pyridine rings is 2. The third-order valence-corrected chi connectivity index (χ3v) is 3.45. The average molecular weight is 307 g/mol. The minimum atomic E-state index is 0.576. The van der Waals surface area contributed by atoms with Crippen molar-refractivity contribution in [1.29, 1.82) is 0 Å². The van der Waals surface area contributed by atoms with E-state index in [4.69, 9.17) is 28.6 Å². The Hall–Kier alpha value is -1.92. The van der Waals surface area contributed by atoms with Gasteiger partial charge in [0.25, 0.3) is 0 Å². The van der Waals surface area contributed by atoms with Crippen LogP contribution in [0.25, 0.3) is 11.2 Å². The van der Waals surface area contributed by atoms with E-state index in [1.54, 1.807) is 19.5 Å². The van der Waals surface area contributed by atoms with Gasteiger partial charge in [-0.05, 0) is 23.8 Å². The number of fused-ring (bicyclic) bond motifs is 1. The Morgan fingerprint density at radius 1 is 1.35 bits per heavy atom. The molecule has 3 heterocycles. The highest BCUT2D eigenvalue weighted by Gasteiger charge is 2.07. The second-order valence-corrected chi connectivity index (χ2v) is 5.07. The number of nitrogens with one attached hydrogen (secondary N) is 1. The van der Waals surface area contributed by atoms with Gasteiger partial charge in [0.05, 0.1) is 24.2 Å². The molecule has 0 atom stereocenters. The van der Waals surface area contributed by atoms with E-state index in [-0.39, 0.29) is 0 Å². The number of rotatable bonds is 3. The van der Waals surface area contributed by atoms with Crippen LogP contribution in [0.1, 0.15) is 5.56 Å². The highest BCUT2D eigenvalue weighted by atomic mass is 35.5. The van der Waals surface area contributed by atoms with Gasteiger partial charge in [-0.2, -0.15) is 0 Å². The Balaban J connectivity index is 2.01. The van der Waals surface area contributed by atoms with Crippen molar-refractivity contribution in [1.82, 2.24) is 19.5 Å². The van der Waals surface area contributed by atoms with Crippen molar-refractivity contribution in [3.63, 3.8) is 0 Å². The Morgan fingerprint density at radius 3 is 2.90 bits per heavy atom. The van der Waals surface area contributed by atoms with Crippen LogP contribution in [0, 0.1) is 4.77 Å². The largest absolute Gasteiger partial charge is 0.481 e. The van der Waals surface area contributed by atoms with Crippen molar-refractivity contribution >= 4 is 35.0 Å². The summed E-state index contributed by atoms with van der Waals surface area (Å²) in [7, 11) is 1.59. The Labute approximate surface area is 125 Å². The summed E-state index contributed by atoms with van der Waals surface area (Å²) in [5.74, 6) is 0.584. The SMILES string of the molecule is COc1ccc(Cn2c(=S)[nH]c3cc(Cl)cnc32)cn1. The van der Waals surface area contributed by atoms with E-state index in [2.05, 4.69) is 15.0 Å². The van der Waals surface area contributed by atoms with Crippen LogP contribution in [0.4, 0.5) is 0 Å². The lowest BCUT2D eigenvalue weighted by Crippen LogP contribution is -2.01. The Morgan fingerprint density at radius 2 is 2.20 bits per heavy atom. The van der Waals surface area contributed by atoms with E-state index in [0.717, 1.165) is 16.7 Å². The molecule has 0 aromatic carbocycles. The molecule has 0 aliphatic heterocycles. The van der Waals surface area contributed by atoms with Crippen molar-refractivity contribution < 1.29 is 4.74 Å². The smallest absolute Gasteiger partial charge is 0.212 e. The van der Waals surface area contributed by atoms with Crippen molar-refractivity contribution in [3.05, 3.63) is 45.9 Å². The fourth-order valence-electron chi connectivity index (χ4n) is 1.97. The zero-order valence-corrected chi connectivity index (χ0v) is 12.2. The normalized spacial score (nSPS) is 10.9. The zero-order valence-electron chi connectivity index (χ0n) is 10.6. The zero-order chi connectivity index (χ0) is 14.1. The number of aromatic nitrogens is 4. The summed E-state index contributed by atoms with van der Waals surface area (Å²) in [5.41, 5.74) is 2.61. The van der Waals surface area contributed by atoms with Crippen LogP contribution in [0.5, 0.6) is 5.88 Å². The molecule has 0 spiro atoms. The molecule has 5 nitrogen and oxygen atoms in total. The van der Waals surface area contributed by atoms with E-state index in [1.165, 1.54) is 0 Å². The molecular formula is C13H11ClN4OS. The Bertz CT molecular complexity index is 809. The van der Waals surface area contributed by atoms with Crippen LogP contribution in [0.3, 0.4) is 0 Å². The molecule has 0 unspecified atom stereocenters. The molecule has 0 amide bonds. The van der Waals surface area contributed by atoms with E-state index in [1.807, 2.05) is 22.8 Å². The number of nitrogens with zero attached hydrogens (tertiary/aromatic N) is 3. The van der Waals surface area contributed by atoms with Crippen LogP contribution in [0.2, 0.25) is 5.02 Å². The molecule has 20 heavy (non-hydrogen) atoms. The molecule has 1 N–H and O–H groups in total. The van der Waals surface area contributed by atoms with Crippen molar-refractivity contribution in [2.24, 2.45) is 0 Å². The van der Waals surface area contributed by atoms with Crippen LogP contribution in [-0.2, 0) is 6.54 Å². The van der Waals surface area contributed by atoms with Gasteiger partial charge in [-0.3, -0.25) is 4.57 Å². The van der Waals surface area contributed by atoms with Crippen molar-refractivity contribution in [2.75, 3.05) is 7.11 Å². The third-order valence-electron chi connectivity index (χ3n) is 2.92. The molecule has 0 aliphatic rings. The summed E-state index contributed by atoms with van der Waals surface area (Å²) in [6.07, 6.45) is 3.37. The molecule has 102 valence electrons. The molecule has 0 bridgehead atoms. The number of ether oxygens (including phenoxy) is 1. The van der Waals surface area contributed by atoms with Gasteiger partial charge in [0.2, 0.25) is 5.88 Å². The van der Waals surface area contributed by atoms with E-state index in [9.17, 15) is 0 Å². The highest BCUT2D eigenvalue weighted by molar-refractivity contribution is 7.71. The minimum Gasteiger partial charge on any atom is -0.481 e. The lowest BCUT2D eigenvalue weighted by Gasteiger charge is -2.05. The monoisotopic (exact) mass is 306 g/mol. The van der Waals surface area contributed by atoms with Gasteiger partial charge in [-0.25, -0.2) is 9.97 Å². The number of methoxy groups -OCH3 is 1. The first-order chi connectivity index (χ1) is 9.67. The molecule has 0 fully saturated rings. The fourth-order valence-corrected chi connectivity index (χ4v) is 2.39. The van der Waals surface area contributed by atoms with E-state index >= 15 is 0 Å². The molecular weight excluding hydrogens is 296 g/mol. The fraction of sp³-hybridized carbons (Fsp3) is 0.154. The van der Waals surface area contributed by atoms with Gasteiger partial charge in [0.15, 0.2) is 10.4 Å². The molecule has 3 aromatic rings. The van der Waals surface area contributed by atoms with Gasteiger partial charge in [-0.1, -0.05) is 17.7 Å². The molecule has 0 saturated heterocycles. The maximum atomic E-state index is 5.92. The first-order valence-electron chi connectivity index (χ1n) is 5.90. The number of aromatic amines is 1. The standard InChI is InChI=1S/C13H11ClN4OS/c1-19-11-3-2-8(5-15-11)7-18-12-10(17-13(18)20)4-9(14)6-16-12/h2-6H,7H2,1H3,(H,17,20). The van der Waals surface area contributed by atoms with Gasteiger partial charge in [0, 0.05) is 18.5 Å². The predicted molar refractivity (Wildman–Crippen MR) is 79.8 cm³/mol. The molecule has 3 rings (SSSR count). The summed E-state index contributed by atoms with van der Waals surface area (Å²) in [6, 6.07) is 5.57. The minimum absolute atomic E-state index is 0.576. The number of hydrogen-bond donors (Lipinski definition) is 1. The summed E-state index contributed by atoms with van der Waals surface area (Å²) in [6.45, 7) is 0.588. The van der Waals surface area contributed by atoms with Crippen LogP contribution in [0.15, 0.2) is 30.6 Å². The van der Waals surface area contributed by atoms with Crippen LogP contribution in [-0.4, -0.2) is 26.6 Å². The van der Waals surface area contributed by atoms with E-state index < -0.39 is 0 Å². The molecule has 7 heteroatoms. The van der Waals surface area contributed by atoms with Gasteiger partial charge >= 0.3 is 0 Å². The topological polar surface area (TPSA) is 55.7 Å². The van der Waals surface area contributed by atoms with Gasteiger partial charge in [-0.15, -0.1) is 0 Å². The predicted octanol–water partition coefficient (Wildman–Crippen LogP) is 3.20. The summed E-state index contributed by atoms with van der Waals surface area (Å²) in [4.78, 5) is 11.6. The third kappa shape index (κ3) is 2.39. The van der Waals surface area contributed by atoms with Gasteiger partial charge < -0.3 is 9.72 Å².